The zero-order chi connectivity index (χ0) is 23.7. The van der Waals surface area contributed by atoms with Crippen molar-refractivity contribution in [1.29, 1.82) is 0 Å². The number of halogens is 2. The van der Waals surface area contributed by atoms with E-state index in [4.69, 9.17) is 17.3 Å². The lowest BCUT2D eigenvalue weighted by Crippen LogP contribution is -2.52. The number of carbonyl (C=O) groups is 3. The van der Waals surface area contributed by atoms with Crippen molar-refractivity contribution in [2.24, 2.45) is 5.73 Å². The molecule has 2 heterocycles. The summed E-state index contributed by atoms with van der Waals surface area (Å²) in [7, 11) is 0. The fourth-order valence-electron chi connectivity index (χ4n) is 4.30. The highest BCUT2D eigenvalue weighted by atomic mass is 35.5. The number of likely N-dealkylation sites (tertiary alicyclic amines) is 1. The molecule has 3 N–H and O–H groups in total. The van der Waals surface area contributed by atoms with Gasteiger partial charge in [-0.15, -0.1) is 0 Å². The molecular weight excluding hydrogens is 447 g/mol. The first-order valence-corrected chi connectivity index (χ1v) is 11.0. The Morgan fingerprint density at radius 1 is 1.18 bits per heavy atom. The normalized spacial score (nSPS) is 18.0. The summed E-state index contributed by atoms with van der Waals surface area (Å²) in [4.78, 5) is 39.6. The second kappa shape index (κ2) is 9.33. The lowest BCUT2D eigenvalue weighted by molar-refractivity contribution is -0.139. The van der Waals surface area contributed by atoms with Crippen LogP contribution in [0.15, 0.2) is 48.7 Å². The summed E-state index contributed by atoms with van der Waals surface area (Å²) in [6.45, 7) is 1.72. The van der Waals surface area contributed by atoms with Gasteiger partial charge in [-0.2, -0.15) is 0 Å². The zero-order valence-electron chi connectivity index (χ0n) is 18.1. The van der Waals surface area contributed by atoms with Crippen LogP contribution in [0, 0.1) is 5.82 Å². The largest absolute Gasteiger partial charge is 0.350 e. The van der Waals surface area contributed by atoms with Crippen LogP contribution in [-0.4, -0.2) is 45.7 Å². The molecule has 2 amide bonds. The Kier molecular flexibility index (Phi) is 6.49. The number of nitrogens with one attached hydrogen (secondary N) is 1. The minimum Gasteiger partial charge on any atom is -0.350 e. The number of rotatable bonds is 6. The number of benzene rings is 2. The van der Waals surface area contributed by atoms with Crippen molar-refractivity contribution < 1.29 is 18.8 Å². The molecule has 3 aromatic rings. The second-order valence-corrected chi connectivity index (χ2v) is 8.57. The van der Waals surface area contributed by atoms with Crippen molar-refractivity contribution in [1.82, 2.24) is 14.8 Å². The van der Waals surface area contributed by atoms with Gasteiger partial charge < -0.3 is 20.5 Å². The number of ketones is 1. The number of fused-ring (bicyclic) bond motifs is 1. The summed E-state index contributed by atoms with van der Waals surface area (Å²) in [6, 6.07) is 10.5. The number of Topliss-reactive ketones (excluding diaryl/α,β-unsaturated/α-hetero) is 1. The maximum absolute atomic E-state index is 14.1. The van der Waals surface area contributed by atoms with Crippen molar-refractivity contribution in [3.8, 4) is 0 Å². The van der Waals surface area contributed by atoms with Crippen molar-refractivity contribution in [3.05, 3.63) is 70.6 Å². The summed E-state index contributed by atoms with van der Waals surface area (Å²) in [5.41, 5.74) is 7.70. The summed E-state index contributed by atoms with van der Waals surface area (Å²) >= 11 is 5.80. The minimum absolute atomic E-state index is 0.0278. The van der Waals surface area contributed by atoms with Crippen LogP contribution < -0.4 is 11.1 Å². The van der Waals surface area contributed by atoms with Gasteiger partial charge >= 0.3 is 0 Å². The Balaban J connectivity index is 1.51. The summed E-state index contributed by atoms with van der Waals surface area (Å²) < 4.78 is 15.9. The van der Waals surface area contributed by atoms with Crippen molar-refractivity contribution in [3.63, 3.8) is 0 Å². The molecule has 1 aliphatic heterocycles. The molecule has 33 heavy (non-hydrogen) atoms. The summed E-state index contributed by atoms with van der Waals surface area (Å²) in [5, 5.41) is 3.42. The van der Waals surface area contributed by atoms with Gasteiger partial charge in [0.05, 0.1) is 5.02 Å². The van der Waals surface area contributed by atoms with Crippen LogP contribution in [0.4, 0.5) is 4.39 Å². The van der Waals surface area contributed by atoms with Gasteiger partial charge in [-0.1, -0.05) is 41.9 Å². The van der Waals surface area contributed by atoms with E-state index in [1.807, 2.05) is 24.3 Å². The zero-order valence-corrected chi connectivity index (χ0v) is 18.8. The Morgan fingerprint density at radius 3 is 2.70 bits per heavy atom. The van der Waals surface area contributed by atoms with Crippen LogP contribution in [0.5, 0.6) is 0 Å². The number of aromatic nitrogens is 1. The third-order valence-electron chi connectivity index (χ3n) is 5.99. The average Bonchev–Trinajstić information content (AvgIpc) is 3.35. The van der Waals surface area contributed by atoms with E-state index in [0.29, 0.717) is 18.5 Å². The number of carbonyl (C=O) groups excluding carboxylic acids is 3. The molecule has 1 saturated heterocycles. The molecule has 2 atom stereocenters. The highest BCUT2D eigenvalue weighted by molar-refractivity contribution is 6.30. The SMILES string of the molecule is CC(=O)c1cn(CC(=O)N2CC[C@@H](N)[C@H]2C(=O)NCc2cccc(Cl)c2F)c2ccccc12. The predicted molar refractivity (Wildman–Crippen MR) is 123 cm³/mol. The molecular formula is C24H24ClFN4O3. The molecule has 1 aromatic heterocycles. The number of hydrogen-bond acceptors (Lipinski definition) is 4. The van der Waals surface area contributed by atoms with Gasteiger partial charge in [0.2, 0.25) is 11.8 Å². The van der Waals surface area contributed by atoms with Crippen molar-refractivity contribution in [2.75, 3.05) is 6.54 Å². The van der Waals surface area contributed by atoms with E-state index in [9.17, 15) is 18.8 Å². The van der Waals surface area contributed by atoms with Crippen LogP contribution in [0.25, 0.3) is 10.9 Å². The highest BCUT2D eigenvalue weighted by Crippen LogP contribution is 2.24. The van der Waals surface area contributed by atoms with E-state index >= 15 is 0 Å². The first-order valence-electron chi connectivity index (χ1n) is 10.6. The monoisotopic (exact) mass is 470 g/mol. The van der Waals surface area contributed by atoms with E-state index in [1.54, 1.807) is 16.8 Å². The standard InChI is InChI=1S/C24H24ClFN4O3/c1-14(31)17-12-29(20-8-3-2-6-16(17)20)13-21(32)30-10-9-19(27)23(30)24(33)28-11-15-5-4-7-18(25)22(15)26/h2-8,12,19,23H,9-11,13,27H2,1H3,(H,28,33)/t19-,23+/m1/s1. The fourth-order valence-corrected chi connectivity index (χ4v) is 4.49. The van der Waals surface area contributed by atoms with E-state index < -0.39 is 23.8 Å². The predicted octanol–water partition coefficient (Wildman–Crippen LogP) is 2.88. The average molecular weight is 471 g/mol. The topological polar surface area (TPSA) is 97.4 Å². The van der Waals surface area contributed by atoms with Crippen molar-refractivity contribution in [2.45, 2.75) is 38.5 Å². The Hall–Kier alpha value is -3.23. The second-order valence-electron chi connectivity index (χ2n) is 8.16. The highest BCUT2D eigenvalue weighted by Gasteiger charge is 2.40. The number of nitrogens with zero attached hydrogens (tertiary/aromatic N) is 2. The van der Waals surface area contributed by atoms with Gasteiger partial charge in [0.15, 0.2) is 5.78 Å². The van der Waals surface area contributed by atoms with Gasteiger partial charge in [-0.05, 0) is 25.5 Å². The first kappa shape index (κ1) is 22.9. The lowest BCUT2D eigenvalue weighted by Gasteiger charge is -2.26. The minimum atomic E-state index is -0.867. The van der Waals surface area contributed by atoms with E-state index in [0.717, 1.165) is 10.9 Å². The molecule has 0 aliphatic carbocycles. The van der Waals surface area contributed by atoms with Crippen LogP contribution >= 0.6 is 11.6 Å². The van der Waals surface area contributed by atoms with Crippen molar-refractivity contribution >= 4 is 40.1 Å². The molecule has 0 unspecified atom stereocenters. The van der Waals surface area contributed by atoms with E-state index in [1.165, 1.54) is 24.0 Å². The molecule has 2 aromatic carbocycles. The number of nitrogens with two attached hydrogens (primary N) is 1. The molecule has 7 nitrogen and oxygen atoms in total. The maximum Gasteiger partial charge on any atom is 0.244 e. The van der Waals surface area contributed by atoms with Gasteiger partial charge in [0, 0.05) is 47.4 Å². The number of hydrogen-bond donors (Lipinski definition) is 2. The third-order valence-corrected chi connectivity index (χ3v) is 6.28. The molecule has 0 spiro atoms. The lowest BCUT2D eigenvalue weighted by atomic mass is 10.1. The third kappa shape index (κ3) is 4.49. The molecule has 0 bridgehead atoms. The van der Waals surface area contributed by atoms with Crippen LogP contribution in [0.2, 0.25) is 5.02 Å². The fraction of sp³-hybridized carbons (Fsp3) is 0.292. The van der Waals surface area contributed by atoms with Crippen LogP contribution in [0.1, 0.15) is 29.3 Å². The van der Waals surface area contributed by atoms with Gasteiger partial charge in [0.25, 0.3) is 0 Å². The molecule has 4 rings (SSSR count). The molecule has 0 radical (unpaired) electrons. The van der Waals surface area contributed by atoms with Gasteiger partial charge in [-0.25, -0.2) is 4.39 Å². The van der Waals surface area contributed by atoms with Gasteiger partial charge in [-0.3, -0.25) is 14.4 Å². The van der Waals surface area contributed by atoms with Gasteiger partial charge in [0.1, 0.15) is 18.4 Å². The summed E-state index contributed by atoms with van der Waals surface area (Å²) in [6.07, 6.45) is 2.14. The molecule has 1 fully saturated rings. The summed E-state index contributed by atoms with van der Waals surface area (Å²) in [5.74, 6) is -1.42. The Morgan fingerprint density at radius 2 is 1.94 bits per heavy atom. The Labute approximate surface area is 195 Å². The molecule has 172 valence electrons. The molecule has 9 heteroatoms. The van der Waals surface area contributed by atoms with E-state index in [-0.39, 0.29) is 35.4 Å². The number of para-hydroxylation sites is 1. The smallest absolute Gasteiger partial charge is 0.244 e. The number of amides is 2. The van der Waals surface area contributed by atoms with Crippen LogP contribution in [-0.2, 0) is 22.7 Å². The van der Waals surface area contributed by atoms with Crippen LogP contribution in [0.3, 0.4) is 0 Å². The first-order chi connectivity index (χ1) is 15.8. The van der Waals surface area contributed by atoms with E-state index in [2.05, 4.69) is 5.32 Å². The Bertz CT molecular complexity index is 1240. The molecule has 0 saturated carbocycles. The quantitative estimate of drug-likeness (QED) is 0.541. The maximum atomic E-state index is 14.1. The molecule has 1 aliphatic rings.